The fourth-order valence-electron chi connectivity index (χ4n) is 3.71. The quantitative estimate of drug-likeness (QED) is 0.443. The first-order valence-electron chi connectivity index (χ1n) is 8.53. The summed E-state index contributed by atoms with van der Waals surface area (Å²) in [6, 6.07) is 25.1. The van der Waals surface area contributed by atoms with Gasteiger partial charge in [-0.1, -0.05) is 60.7 Å². The molecule has 0 bridgehead atoms. The molecule has 5 rings (SSSR count). The Morgan fingerprint density at radius 3 is 2.52 bits per heavy atom. The zero-order valence-electron chi connectivity index (χ0n) is 14.0. The highest BCUT2D eigenvalue weighted by molar-refractivity contribution is 6.01. The topological polar surface area (TPSA) is 22.1 Å². The van der Waals surface area contributed by atoms with Gasteiger partial charge >= 0.3 is 0 Å². The second kappa shape index (κ2) is 5.45. The Morgan fingerprint density at radius 2 is 1.64 bits per heavy atom. The molecule has 0 atom stereocenters. The van der Waals surface area contributed by atoms with Crippen molar-refractivity contribution in [2.24, 2.45) is 0 Å². The van der Waals surface area contributed by atoms with Crippen molar-refractivity contribution in [2.75, 3.05) is 0 Å². The van der Waals surface area contributed by atoms with Crippen LogP contribution >= 0.6 is 0 Å². The zero-order valence-corrected chi connectivity index (χ0v) is 14.0. The van der Waals surface area contributed by atoms with E-state index in [4.69, 9.17) is 9.72 Å². The van der Waals surface area contributed by atoms with Gasteiger partial charge in [-0.25, -0.2) is 4.98 Å². The van der Waals surface area contributed by atoms with E-state index in [1.165, 1.54) is 27.6 Å². The third-order valence-electron chi connectivity index (χ3n) is 4.89. The molecule has 0 saturated carbocycles. The number of aryl methyl sites for hydroxylation is 1. The molecule has 2 nitrogen and oxygen atoms in total. The van der Waals surface area contributed by atoms with Gasteiger partial charge in [0.25, 0.3) is 0 Å². The maximum atomic E-state index is 6.05. The number of aromatic nitrogens is 1. The van der Waals surface area contributed by atoms with Crippen LogP contribution in [0.2, 0.25) is 0 Å². The normalized spacial score (nSPS) is 12.4. The van der Waals surface area contributed by atoms with E-state index in [0.29, 0.717) is 6.61 Å². The first kappa shape index (κ1) is 14.2. The van der Waals surface area contributed by atoms with Crippen molar-refractivity contribution >= 4 is 10.9 Å². The molecule has 120 valence electrons. The van der Waals surface area contributed by atoms with Gasteiger partial charge in [0, 0.05) is 16.5 Å². The van der Waals surface area contributed by atoms with E-state index >= 15 is 0 Å². The van der Waals surface area contributed by atoms with Crippen LogP contribution in [0, 0.1) is 6.92 Å². The maximum Gasteiger partial charge on any atom is 0.129 e. The lowest BCUT2D eigenvalue weighted by Crippen LogP contribution is -2.09. The smallest absolute Gasteiger partial charge is 0.129 e. The molecule has 0 N–H and O–H groups in total. The van der Waals surface area contributed by atoms with E-state index in [-0.39, 0.29) is 0 Å². The van der Waals surface area contributed by atoms with Gasteiger partial charge in [0.15, 0.2) is 0 Å². The van der Waals surface area contributed by atoms with Crippen LogP contribution in [-0.2, 0) is 6.61 Å². The molecule has 0 spiro atoms. The van der Waals surface area contributed by atoms with Crippen LogP contribution in [-0.4, -0.2) is 4.98 Å². The highest BCUT2D eigenvalue weighted by atomic mass is 16.5. The van der Waals surface area contributed by atoms with E-state index in [0.717, 1.165) is 22.5 Å². The third-order valence-corrected chi connectivity index (χ3v) is 4.89. The molecule has 0 aliphatic carbocycles. The van der Waals surface area contributed by atoms with E-state index in [1.54, 1.807) is 0 Å². The van der Waals surface area contributed by atoms with Crippen molar-refractivity contribution in [3.63, 3.8) is 0 Å². The molecule has 25 heavy (non-hydrogen) atoms. The minimum atomic E-state index is 0.549. The summed E-state index contributed by atoms with van der Waals surface area (Å²) < 4.78 is 6.05. The SMILES string of the molecule is Cc1cccc2c(-c3ccccc3)c3c(nc12)-c1ccccc1OC3. The van der Waals surface area contributed by atoms with Gasteiger partial charge in [-0.05, 0) is 35.7 Å². The Hall–Kier alpha value is -3.13. The average Bonchev–Trinajstić information content (AvgIpc) is 2.67. The van der Waals surface area contributed by atoms with Crippen LogP contribution in [0.25, 0.3) is 33.3 Å². The van der Waals surface area contributed by atoms with Gasteiger partial charge in [0.1, 0.15) is 12.4 Å². The second-order valence-corrected chi connectivity index (χ2v) is 6.44. The summed E-state index contributed by atoms with van der Waals surface area (Å²) in [5.41, 5.74) is 7.99. The molecule has 0 fully saturated rings. The zero-order chi connectivity index (χ0) is 16.8. The predicted octanol–water partition coefficient (Wildman–Crippen LogP) is 5.77. The predicted molar refractivity (Wildman–Crippen MR) is 102 cm³/mol. The Balaban J connectivity index is 1.95. The fourth-order valence-corrected chi connectivity index (χ4v) is 3.71. The summed E-state index contributed by atoms with van der Waals surface area (Å²) in [6.45, 7) is 2.68. The molecule has 0 amide bonds. The molecule has 1 aromatic heterocycles. The molecular formula is C23H17NO. The van der Waals surface area contributed by atoms with Gasteiger partial charge in [-0.15, -0.1) is 0 Å². The molecule has 4 aromatic rings. The van der Waals surface area contributed by atoms with Crippen LogP contribution in [0.5, 0.6) is 5.75 Å². The summed E-state index contributed by atoms with van der Waals surface area (Å²) in [4.78, 5) is 5.06. The molecule has 0 saturated heterocycles. The van der Waals surface area contributed by atoms with Crippen molar-refractivity contribution in [2.45, 2.75) is 13.5 Å². The standard InChI is InChI=1S/C23H17NO/c1-15-8-7-12-18-21(16-9-3-2-4-10-16)19-14-25-20-13-6-5-11-17(20)23(19)24-22(15)18/h2-13H,14H2,1H3. The van der Waals surface area contributed by atoms with Gasteiger partial charge in [-0.2, -0.15) is 0 Å². The number of hydrogen-bond donors (Lipinski definition) is 0. The number of rotatable bonds is 1. The summed E-state index contributed by atoms with van der Waals surface area (Å²) in [7, 11) is 0. The summed E-state index contributed by atoms with van der Waals surface area (Å²) in [6.07, 6.45) is 0. The number of benzene rings is 3. The molecule has 1 aliphatic heterocycles. The minimum absolute atomic E-state index is 0.549. The Kier molecular flexibility index (Phi) is 3.10. The van der Waals surface area contributed by atoms with Gasteiger partial charge in [0.05, 0.1) is 11.2 Å². The lowest BCUT2D eigenvalue weighted by Gasteiger charge is -2.24. The molecular weight excluding hydrogens is 306 g/mol. The maximum absolute atomic E-state index is 6.05. The molecule has 1 aliphatic rings. The van der Waals surface area contributed by atoms with E-state index in [1.807, 2.05) is 18.2 Å². The highest BCUT2D eigenvalue weighted by Gasteiger charge is 2.24. The number of fused-ring (bicyclic) bond motifs is 4. The van der Waals surface area contributed by atoms with Crippen molar-refractivity contribution < 1.29 is 4.74 Å². The molecule has 0 radical (unpaired) electrons. The Morgan fingerprint density at radius 1 is 0.840 bits per heavy atom. The first-order valence-corrected chi connectivity index (χ1v) is 8.53. The van der Waals surface area contributed by atoms with Gasteiger partial charge < -0.3 is 4.74 Å². The Labute approximate surface area is 146 Å². The third kappa shape index (κ3) is 2.14. The van der Waals surface area contributed by atoms with Crippen LogP contribution in [0.4, 0.5) is 0 Å². The average molecular weight is 323 g/mol. The van der Waals surface area contributed by atoms with E-state index in [9.17, 15) is 0 Å². The molecule has 2 heteroatoms. The molecule has 0 unspecified atom stereocenters. The van der Waals surface area contributed by atoms with Crippen LogP contribution < -0.4 is 4.74 Å². The Bertz CT molecular complexity index is 1100. The van der Waals surface area contributed by atoms with E-state index in [2.05, 4.69) is 61.5 Å². The van der Waals surface area contributed by atoms with Crippen LogP contribution in [0.1, 0.15) is 11.1 Å². The van der Waals surface area contributed by atoms with Crippen molar-refractivity contribution in [3.05, 3.63) is 83.9 Å². The molecule has 3 aromatic carbocycles. The number of nitrogens with zero attached hydrogens (tertiary/aromatic N) is 1. The fraction of sp³-hybridized carbons (Fsp3) is 0.0870. The lowest BCUT2D eigenvalue weighted by molar-refractivity contribution is 0.302. The minimum Gasteiger partial charge on any atom is -0.488 e. The number of hydrogen-bond acceptors (Lipinski definition) is 2. The van der Waals surface area contributed by atoms with Crippen molar-refractivity contribution in [1.82, 2.24) is 4.98 Å². The molecule has 2 heterocycles. The van der Waals surface area contributed by atoms with Crippen LogP contribution in [0.3, 0.4) is 0 Å². The highest BCUT2D eigenvalue weighted by Crippen LogP contribution is 2.43. The van der Waals surface area contributed by atoms with E-state index < -0.39 is 0 Å². The monoisotopic (exact) mass is 323 g/mol. The summed E-state index contributed by atoms with van der Waals surface area (Å²) in [5.74, 6) is 0.912. The summed E-state index contributed by atoms with van der Waals surface area (Å²) >= 11 is 0. The number of para-hydroxylation sites is 2. The van der Waals surface area contributed by atoms with Crippen molar-refractivity contribution in [3.8, 4) is 28.1 Å². The number of ether oxygens (including phenoxy) is 1. The second-order valence-electron chi connectivity index (χ2n) is 6.44. The largest absolute Gasteiger partial charge is 0.488 e. The summed E-state index contributed by atoms with van der Waals surface area (Å²) in [5, 5.41) is 1.19. The lowest BCUT2D eigenvalue weighted by atomic mass is 9.90. The number of pyridine rings is 1. The van der Waals surface area contributed by atoms with Gasteiger partial charge in [-0.3, -0.25) is 0 Å². The van der Waals surface area contributed by atoms with Crippen LogP contribution in [0.15, 0.2) is 72.8 Å². The van der Waals surface area contributed by atoms with Crippen molar-refractivity contribution in [1.29, 1.82) is 0 Å². The first-order chi connectivity index (χ1) is 12.3. The van der Waals surface area contributed by atoms with Gasteiger partial charge in [0.2, 0.25) is 0 Å².